The summed E-state index contributed by atoms with van der Waals surface area (Å²) in [6.45, 7) is 14.8. The van der Waals surface area contributed by atoms with Crippen LogP contribution in [0.4, 0.5) is 0 Å². The molecule has 2 saturated heterocycles. The second kappa shape index (κ2) is 14.6. The minimum absolute atomic E-state index is 0.212. The topological polar surface area (TPSA) is 23.6 Å². The molecule has 1 spiro atoms. The van der Waals surface area contributed by atoms with Gasteiger partial charge in [0.1, 0.15) is 0 Å². The number of unbranched alkanes of at least 4 members (excludes halogenated alkanes) is 3. The van der Waals surface area contributed by atoms with Crippen LogP contribution in [0.1, 0.15) is 124 Å². The van der Waals surface area contributed by atoms with Crippen LogP contribution in [0.15, 0.2) is 0 Å². The van der Waals surface area contributed by atoms with Crippen molar-refractivity contribution >= 4 is 5.91 Å². The van der Waals surface area contributed by atoms with Crippen LogP contribution in [0, 0.1) is 17.3 Å². The van der Waals surface area contributed by atoms with Crippen LogP contribution < -0.4 is 0 Å². The van der Waals surface area contributed by atoms with Gasteiger partial charge < -0.3 is 9.80 Å². The quantitative estimate of drug-likeness (QED) is 0.268. The number of amides is 1. The van der Waals surface area contributed by atoms with Crippen molar-refractivity contribution < 1.29 is 4.79 Å². The lowest BCUT2D eigenvalue weighted by atomic mass is 9.71. The van der Waals surface area contributed by atoms with Crippen molar-refractivity contribution in [1.29, 1.82) is 0 Å². The van der Waals surface area contributed by atoms with Gasteiger partial charge >= 0.3 is 0 Å². The largest absolute Gasteiger partial charge is 0.342 e. The molecule has 0 aromatic rings. The summed E-state index contributed by atoms with van der Waals surface area (Å²) in [4.78, 5) is 17.6. The van der Waals surface area contributed by atoms with E-state index in [9.17, 15) is 4.79 Å². The van der Waals surface area contributed by atoms with Crippen LogP contribution in [-0.2, 0) is 4.79 Å². The summed E-state index contributed by atoms with van der Waals surface area (Å²) < 4.78 is 0. The van der Waals surface area contributed by atoms with E-state index < -0.39 is 0 Å². The first kappa shape index (κ1) is 26.7. The average molecular weight is 435 g/mol. The highest BCUT2D eigenvalue weighted by molar-refractivity contribution is 5.78. The summed E-state index contributed by atoms with van der Waals surface area (Å²) in [5, 5.41) is 0. The second-order valence-electron chi connectivity index (χ2n) is 11.0. The molecule has 0 aromatic carbocycles. The zero-order chi connectivity index (χ0) is 22.5. The SMILES string of the molecule is CCCCCC(CCCC)CCCN1CCC2(CC1)CCN(C(=O)C(C)CCC)CC2. The van der Waals surface area contributed by atoms with Gasteiger partial charge in [-0.1, -0.05) is 79.1 Å². The van der Waals surface area contributed by atoms with E-state index in [4.69, 9.17) is 0 Å². The van der Waals surface area contributed by atoms with Crippen molar-refractivity contribution in [3.05, 3.63) is 0 Å². The molecule has 3 heteroatoms. The Morgan fingerprint density at radius 2 is 1.32 bits per heavy atom. The molecule has 2 atom stereocenters. The Hall–Kier alpha value is -0.570. The van der Waals surface area contributed by atoms with Gasteiger partial charge in [0, 0.05) is 19.0 Å². The highest BCUT2D eigenvalue weighted by atomic mass is 16.2. The molecular weight excluding hydrogens is 380 g/mol. The normalized spacial score (nSPS) is 21.4. The van der Waals surface area contributed by atoms with Gasteiger partial charge in [0.2, 0.25) is 5.91 Å². The van der Waals surface area contributed by atoms with Gasteiger partial charge in [0.25, 0.3) is 0 Å². The molecule has 1 amide bonds. The van der Waals surface area contributed by atoms with Gasteiger partial charge in [-0.2, -0.15) is 0 Å². The third kappa shape index (κ3) is 9.06. The minimum Gasteiger partial charge on any atom is -0.342 e. The molecule has 2 heterocycles. The number of hydrogen-bond acceptors (Lipinski definition) is 2. The predicted octanol–water partition coefficient (Wildman–Crippen LogP) is 7.29. The van der Waals surface area contributed by atoms with Crippen molar-refractivity contribution in [1.82, 2.24) is 9.80 Å². The Morgan fingerprint density at radius 1 is 0.742 bits per heavy atom. The van der Waals surface area contributed by atoms with Gasteiger partial charge in [-0.3, -0.25) is 4.79 Å². The molecule has 0 N–H and O–H groups in total. The van der Waals surface area contributed by atoms with Crippen LogP contribution >= 0.6 is 0 Å². The van der Waals surface area contributed by atoms with Crippen molar-refractivity contribution in [2.45, 2.75) is 124 Å². The lowest BCUT2D eigenvalue weighted by Gasteiger charge is -2.47. The number of hydrogen-bond donors (Lipinski definition) is 0. The van der Waals surface area contributed by atoms with Crippen molar-refractivity contribution in [3.8, 4) is 0 Å². The van der Waals surface area contributed by atoms with Gasteiger partial charge in [0.05, 0.1) is 0 Å². The molecule has 0 radical (unpaired) electrons. The zero-order valence-corrected chi connectivity index (χ0v) is 21.6. The highest BCUT2D eigenvalue weighted by Crippen LogP contribution is 2.41. The van der Waals surface area contributed by atoms with Crippen LogP contribution in [0.5, 0.6) is 0 Å². The maximum Gasteiger partial charge on any atom is 0.225 e. The van der Waals surface area contributed by atoms with Crippen molar-refractivity contribution in [2.24, 2.45) is 17.3 Å². The number of likely N-dealkylation sites (tertiary alicyclic amines) is 2. The van der Waals surface area contributed by atoms with E-state index in [1.165, 1.54) is 103 Å². The van der Waals surface area contributed by atoms with Gasteiger partial charge in [-0.05, 0) is 75.9 Å². The smallest absolute Gasteiger partial charge is 0.225 e. The minimum atomic E-state index is 0.212. The molecule has 2 aliphatic rings. The summed E-state index contributed by atoms with van der Waals surface area (Å²) >= 11 is 0. The number of piperidine rings is 2. The molecule has 2 aliphatic heterocycles. The van der Waals surface area contributed by atoms with Crippen molar-refractivity contribution in [3.63, 3.8) is 0 Å². The third-order valence-electron chi connectivity index (χ3n) is 8.46. The molecule has 182 valence electrons. The Bertz CT molecular complexity index is 473. The number of carbonyl (C=O) groups is 1. The molecule has 2 rings (SSSR count). The molecule has 0 bridgehead atoms. The molecule has 0 saturated carbocycles. The highest BCUT2D eigenvalue weighted by Gasteiger charge is 2.38. The fraction of sp³-hybridized carbons (Fsp3) is 0.964. The third-order valence-corrected chi connectivity index (χ3v) is 8.46. The maximum absolute atomic E-state index is 12.7. The average Bonchev–Trinajstić information content (AvgIpc) is 2.79. The van der Waals surface area contributed by atoms with Crippen LogP contribution in [0.2, 0.25) is 0 Å². The first-order valence-electron chi connectivity index (χ1n) is 14.0. The van der Waals surface area contributed by atoms with Crippen LogP contribution in [0.25, 0.3) is 0 Å². The molecule has 2 fully saturated rings. The Kier molecular flexibility index (Phi) is 12.5. The summed E-state index contributed by atoms with van der Waals surface area (Å²) in [7, 11) is 0. The fourth-order valence-corrected chi connectivity index (χ4v) is 6.03. The number of nitrogens with zero attached hydrogens (tertiary/aromatic N) is 2. The van der Waals surface area contributed by atoms with E-state index in [1.807, 2.05) is 0 Å². The van der Waals surface area contributed by atoms with Crippen LogP contribution in [-0.4, -0.2) is 48.4 Å². The maximum atomic E-state index is 12.7. The fourth-order valence-electron chi connectivity index (χ4n) is 6.03. The van der Waals surface area contributed by atoms with E-state index in [-0.39, 0.29) is 5.92 Å². The zero-order valence-electron chi connectivity index (χ0n) is 21.6. The van der Waals surface area contributed by atoms with E-state index in [0.717, 1.165) is 31.8 Å². The van der Waals surface area contributed by atoms with E-state index in [0.29, 0.717) is 11.3 Å². The summed E-state index contributed by atoms with van der Waals surface area (Å²) in [5.41, 5.74) is 0.533. The standard InChI is InChI=1S/C28H54N2O/c1-5-8-10-14-26(13-9-6-2)15-11-20-29-21-16-28(17-22-29)18-23-30(24-19-28)27(31)25(4)12-7-3/h25-26H,5-24H2,1-4H3. The lowest BCUT2D eigenvalue weighted by Crippen LogP contribution is -2.49. The van der Waals surface area contributed by atoms with E-state index >= 15 is 0 Å². The van der Waals surface area contributed by atoms with Crippen LogP contribution in [0.3, 0.4) is 0 Å². The summed E-state index contributed by atoms with van der Waals surface area (Å²) in [5.74, 6) is 1.59. The summed E-state index contributed by atoms with van der Waals surface area (Å²) in [6.07, 6.45) is 20.0. The first-order valence-corrected chi connectivity index (χ1v) is 14.0. The van der Waals surface area contributed by atoms with Gasteiger partial charge in [-0.15, -0.1) is 0 Å². The molecule has 0 aliphatic carbocycles. The summed E-state index contributed by atoms with van der Waals surface area (Å²) in [6, 6.07) is 0. The Labute approximate surface area is 194 Å². The monoisotopic (exact) mass is 434 g/mol. The Balaban J connectivity index is 1.66. The molecule has 31 heavy (non-hydrogen) atoms. The molecule has 0 aromatic heterocycles. The molecule has 3 nitrogen and oxygen atoms in total. The predicted molar refractivity (Wildman–Crippen MR) is 134 cm³/mol. The van der Waals surface area contributed by atoms with Crippen molar-refractivity contribution in [2.75, 3.05) is 32.7 Å². The van der Waals surface area contributed by atoms with E-state index in [1.54, 1.807) is 0 Å². The number of rotatable bonds is 14. The van der Waals surface area contributed by atoms with Gasteiger partial charge in [0.15, 0.2) is 0 Å². The Morgan fingerprint density at radius 3 is 1.94 bits per heavy atom. The lowest BCUT2D eigenvalue weighted by molar-refractivity contribution is -0.138. The first-order chi connectivity index (χ1) is 15.0. The number of carbonyl (C=O) groups excluding carboxylic acids is 1. The molecular formula is C28H54N2O. The second-order valence-corrected chi connectivity index (χ2v) is 11.0. The molecule has 2 unspecified atom stereocenters. The van der Waals surface area contributed by atoms with Gasteiger partial charge in [-0.25, -0.2) is 0 Å². The van der Waals surface area contributed by atoms with E-state index in [2.05, 4.69) is 37.5 Å².